The second-order valence-corrected chi connectivity index (χ2v) is 15.1. The maximum Gasteiger partial charge on any atom is 0.255 e. The number of amides is 3. The van der Waals surface area contributed by atoms with Crippen molar-refractivity contribution >= 4 is 17.7 Å². The van der Waals surface area contributed by atoms with Gasteiger partial charge in [-0.15, -0.1) is 0 Å². The normalized spacial score (nSPS) is 22.0. The Morgan fingerprint density at radius 3 is 2.38 bits per heavy atom. The summed E-state index contributed by atoms with van der Waals surface area (Å²) in [5.41, 5.74) is 7.15. The minimum atomic E-state index is -0.710. The van der Waals surface area contributed by atoms with E-state index in [0.717, 1.165) is 75.0 Å². The Morgan fingerprint density at radius 2 is 1.60 bits per heavy atom. The molecule has 3 atom stereocenters. The number of phenols is 1. The highest BCUT2D eigenvalue weighted by atomic mass is 19.1. The fourth-order valence-corrected chi connectivity index (χ4v) is 9.16. The van der Waals surface area contributed by atoms with E-state index in [-0.39, 0.29) is 43.0 Å². The Kier molecular flexibility index (Phi) is 10.0. The van der Waals surface area contributed by atoms with E-state index in [0.29, 0.717) is 23.8 Å². The molecule has 1 unspecified atom stereocenters. The molecule has 0 radical (unpaired) electrons. The van der Waals surface area contributed by atoms with E-state index in [2.05, 4.69) is 70.9 Å². The van der Waals surface area contributed by atoms with Gasteiger partial charge < -0.3 is 19.6 Å². The van der Waals surface area contributed by atoms with Crippen LogP contribution >= 0.6 is 0 Å². The van der Waals surface area contributed by atoms with Crippen molar-refractivity contribution in [2.24, 2.45) is 0 Å². The number of carbonyl (C=O) groups excluding carboxylic acids is 3. The third-order valence-electron chi connectivity index (χ3n) is 11.9. The largest absolute Gasteiger partial charge is 0.508 e. The molecule has 2 fully saturated rings. The molecular weight excluding hydrogens is 669 g/mol. The highest BCUT2D eigenvalue weighted by molar-refractivity contribution is 6.05. The Labute approximate surface area is 310 Å². The van der Waals surface area contributed by atoms with Crippen LogP contribution in [0, 0.1) is 5.82 Å². The van der Waals surface area contributed by atoms with Gasteiger partial charge in [0.1, 0.15) is 23.4 Å². The van der Waals surface area contributed by atoms with E-state index < -0.39 is 17.8 Å². The molecule has 8 rings (SSSR count). The lowest BCUT2D eigenvalue weighted by molar-refractivity contribution is -0.136. The molecule has 3 amide bonds. The number of ether oxygens (including phenoxy) is 1. The van der Waals surface area contributed by atoms with Gasteiger partial charge in [-0.05, 0) is 146 Å². The summed E-state index contributed by atoms with van der Waals surface area (Å²) in [5.74, 6) is 0.360. The quantitative estimate of drug-likeness (QED) is 0.133. The standard InChI is InChI=1S/C44H46FN3O5/c45-32-25-37(39-27-48(44(52)38(39)26-32)40-16-17-41(50)46-43(40)51)29-18-21-47(22-19-29)20-4-5-23-53-34-12-8-30(9-13-34)42-35(28-6-2-1-3-7-28)14-10-31-24-33(49)11-15-36(31)42/h1-3,6-9,11-13,15,24-26,29,35,40,42,49H,4-5,10,14,16-23,27H2,(H,46,50,51)/t35-,40?,42+/m1/s1. The van der Waals surface area contributed by atoms with Gasteiger partial charge in [-0.1, -0.05) is 48.5 Å². The van der Waals surface area contributed by atoms with E-state index in [1.807, 2.05) is 6.07 Å². The predicted octanol–water partition coefficient (Wildman–Crippen LogP) is 7.19. The molecule has 2 saturated heterocycles. The third-order valence-corrected chi connectivity index (χ3v) is 11.9. The minimum Gasteiger partial charge on any atom is -0.508 e. The summed E-state index contributed by atoms with van der Waals surface area (Å²) in [6.45, 7) is 3.68. The number of phenolic OH excluding ortho intramolecular Hbond substituents is 1. The fourth-order valence-electron chi connectivity index (χ4n) is 9.16. The Morgan fingerprint density at radius 1 is 0.811 bits per heavy atom. The van der Waals surface area contributed by atoms with E-state index in [1.54, 1.807) is 12.1 Å². The molecule has 274 valence electrons. The van der Waals surface area contributed by atoms with Gasteiger partial charge >= 0.3 is 0 Å². The van der Waals surface area contributed by atoms with E-state index in [4.69, 9.17) is 4.74 Å². The van der Waals surface area contributed by atoms with Gasteiger partial charge in [-0.25, -0.2) is 4.39 Å². The van der Waals surface area contributed by atoms with Crippen molar-refractivity contribution < 1.29 is 28.6 Å². The number of fused-ring (bicyclic) bond motifs is 2. The van der Waals surface area contributed by atoms with Gasteiger partial charge in [0.2, 0.25) is 11.8 Å². The van der Waals surface area contributed by atoms with Crippen LogP contribution in [-0.4, -0.2) is 64.9 Å². The highest BCUT2D eigenvalue weighted by Gasteiger charge is 2.41. The highest BCUT2D eigenvalue weighted by Crippen LogP contribution is 2.47. The zero-order chi connectivity index (χ0) is 36.5. The molecule has 4 aromatic carbocycles. The van der Waals surface area contributed by atoms with Crippen LogP contribution < -0.4 is 10.1 Å². The van der Waals surface area contributed by atoms with E-state index in [9.17, 15) is 23.9 Å². The summed E-state index contributed by atoms with van der Waals surface area (Å²) >= 11 is 0. The first-order valence-electron chi connectivity index (χ1n) is 19.1. The summed E-state index contributed by atoms with van der Waals surface area (Å²) in [7, 11) is 0. The maximum atomic E-state index is 14.8. The number of unbranched alkanes of at least 4 members (excludes halogenated alkanes) is 1. The summed E-state index contributed by atoms with van der Waals surface area (Å²) in [6.07, 6.45) is 6.16. The molecule has 53 heavy (non-hydrogen) atoms. The molecule has 0 aromatic heterocycles. The number of piperidine rings is 2. The SMILES string of the molecule is O=C1CCC(N2Cc3c(cc(F)cc3C3CCN(CCCCOc4ccc([C@@H]5c6ccc(O)cc6CC[C@@H]5c5ccccc5)cc4)CC3)C2=O)C(=O)N1. The Bertz CT molecular complexity index is 1990. The molecule has 8 nitrogen and oxygen atoms in total. The first kappa shape index (κ1) is 35.0. The number of imide groups is 1. The lowest BCUT2D eigenvalue weighted by Crippen LogP contribution is -2.52. The molecule has 9 heteroatoms. The molecule has 1 aliphatic carbocycles. The van der Waals surface area contributed by atoms with E-state index >= 15 is 0 Å². The number of hydrogen-bond acceptors (Lipinski definition) is 6. The van der Waals surface area contributed by atoms with Gasteiger partial charge in [-0.3, -0.25) is 19.7 Å². The monoisotopic (exact) mass is 715 g/mol. The lowest BCUT2D eigenvalue weighted by Gasteiger charge is -2.35. The molecular formula is C44H46FN3O5. The van der Waals surface area contributed by atoms with Crippen molar-refractivity contribution in [3.63, 3.8) is 0 Å². The Balaban J connectivity index is 0.823. The number of nitrogens with one attached hydrogen (secondary N) is 1. The van der Waals surface area contributed by atoms with E-state index in [1.165, 1.54) is 33.2 Å². The smallest absolute Gasteiger partial charge is 0.255 e. The van der Waals surface area contributed by atoms with Crippen molar-refractivity contribution in [2.45, 2.75) is 81.7 Å². The number of hydrogen-bond donors (Lipinski definition) is 2. The van der Waals surface area contributed by atoms with Crippen LogP contribution in [0.5, 0.6) is 11.5 Å². The van der Waals surface area contributed by atoms with Gasteiger partial charge in [0.25, 0.3) is 5.91 Å². The predicted molar refractivity (Wildman–Crippen MR) is 199 cm³/mol. The van der Waals surface area contributed by atoms with Crippen LogP contribution in [0.1, 0.15) is 106 Å². The van der Waals surface area contributed by atoms with Crippen molar-refractivity contribution in [2.75, 3.05) is 26.2 Å². The zero-order valence-corrected chi connectivity index (χ0v) is 29.9. The topological polar surface area (TPSA) is 99.2 Å². The number of halogens is 1. The van der Waals surface area contributed by atoms with Crippen LogP contribution in [-0.2, 0) is 22.6 Å². The molecule has 4 aliphatic rings. The number of nitrogens with zero attached hydrogens (tertiary/aromatic N) is 2. The minimum absolute atomic E-state index is 0.147. The number of benzene rings is 4. The number of aromatic hydroxyl groups is 1. The second-order valence-electron chi connectivity index (χ2n) is 15.1. The molecule has 0 spiro atoms. The van der Waals surface area contributed by atoms with Crippen molar-refractivity contribution in [3.8, 4) is 11.5 Å². The van der Waals surface area contributed by atoms with Crippen LogP contribution in [0.4, 0.5) is 4.39 Å². The molecule has 4 aromatic rings. The molecule has 3 heterocycles. The summed E-state index contributed by atoms with van der Waals surface area (Å²) in [4.78, 5) is 41.4. The van der Waals surface area contributed by atoms with Crippen LogP contribution in [0.25, 0.3) is 0 Å². The molecule has 2 N–H and O–H groups in total. The van der Waals surface area contributed by atoms with Gasteiger partial charge in [0, 0.05) is 24.4 Å². The lowest BCUT2D eigenvalue weighted by atomic mass is 9.69. The summed E-state index contributed by atoms with van der Waals surface area (Å²) in [6, 6.07) is 27.3. The van der Waals surface area contributed by atoms with Gasteiger partial charge in [0.15, 0.2) is 0 Å². The number of likely N-dealkylation sites (tertiary alicyclic amines) is 1. The average Bonchev–Trinajstić information content (AvgIpc) is 3.49. The fraction of sp³-hybridized carbons (Fsp3) is 0.386. The Hall–Kier alpha value is -5.02. The third kappa shape index (κ3) is 7.32. The molecule has 0 saturated carbocycles. The van der Waals surface area contributed by atoms with Crippen molar-refractivity contribution in [3.05, 3.63) is 130 Å². The van der Waals surface area contributed by atoms with Crippen LogP contribution in [0.3, 0.4) is 0 Å². The first-order chi connectivity index (χ1) is 25.8. The zero-order valence-electron chi connectivity index (χ0n) is 29.9. The molecule has 3 aliphatic heterocycles. The number of rotatable bonds is 10. The van der Waals surface area contributed by atoms with Gasteiger partial charge in [-0.2, -0.15) is 0 Å². The van der Waals surface area contributed by atoms with Crippen LogP contribution in [0.2, 0.25) is 0 Å². The summed E-state index contributed by atoms with van der Waals surface area (Å²) < 4.78 is 21.0. The van der Waals surface area contributed by atoms with Crippen LogP contribution in [0.15, 0.2) is 84.9 Å². The molecule has 0 bridgehead atoms. The van der Waals surface area contributed by atoms with Crippen molar-refractivity contribution in [1.29, 1.82) is 0 Å². The summed E-state index contributed by atoms with van der Waals surface area (Å²) in [5, 5.41) is 12.5. The first-order valence-corrected chi connectivity index (χ1v) is 19.1. The average molecular weight is 716 g/mol. The van der Waals surface area contributed by atoms with Gasteiger partial charge in [0.05, 0.1) is 6.61 Å². The number of aryl methyl sites for hydroxylation is 1. The second kappa shape index (κ2) is 15.1. The van der Waals surface area contributed by atoms with Crippen molar-refractivity contribution in [1.82, 2.24) is 15.1 Å². The maximum absolute atomic E-state index is 14.8. The number of carbonyl (C=O) groups is 3.